The van der Waals surface area contributed by atoms with E-state index in [-0.39, 0.29) is 24.0 Å². The highest BCUT2D eigenvalue weighted by molar-refractivity contribution is 6.14. The molecule has 0 unspecified atom stereocenters. The summed E-state index contributed by atoms with van der Waals surface area (Å²) in [7, 11) is 1.60. The van der Waals surface area contributed by atoms with Crippen molar-refractivity contribution >= 4 is 11.9 Å². The minimum atomic E-state index is -0.320. The van der Waals surface area contributed by atoms with Crippen LogP contribution in [0, 0.1) is 5.82 Å². The van der Waals surface area contributed by atoms with Gasteiger partial charge >= 0.3 is 0 Å². The fraction of sp³-hybridized carbons (Fsp3) is 0.0870. The number of rotatable bonds is 5. The number of halogens is 1. The topological polar surface area (TPSA) is 44.8 Å². The van der Waals surface area contributed by atoms with Crippen LogP contribution in [0.3, 0.4) is 0 Å². The first-order chi connectivity index (χ1) is 13.6. The molecule has 1 aliphatic heterocycles. The normalized spacial score (nSPS) is 13.9. The molecule has 1 aliphatic rings. The standard InChI is InChI=1S/C23H17FO4/c1-26-17-8-6-15(7-9-17)12-22-23(25)19-11-10-18(13-21(19)28-22)27-14-16-4-2-3-5-20(16)24/h2-13H,14H2,1H3/b22-12+. The van der Waals surface area contributed by atoms with Crippen LogP contribution in [0.5, 0.6) is 17.2 Å². The number of benzene rings is 3. The van der Waals surface area contributed by atoms with E-state index in [4.69, 9.17) is 14.2 Å². The number of hydrogen-bond donors (Lipinski definition) is 0. The van der Waals surface area contributed by atoms with Crippen LogP contribution in [-0.4, -0.2) is 12.9 Å². The van der Waals surface area contributed by atoms with Gasteiger partial charge in [-0.1, -0.05) is 30.3 Å². The molecule has 0 atom stereocenters. The van der Waals surface area contributed by atoms with Gasteiger partial charge in [-0.2, -0.15) is 0 Å². The Bertz CT molecular complexity index is 1050. The second-order valence-corrected chi connectivity index (χ2v) is 6.25. The number of carbonyl (C=O) groups is 1. The third-order valence-electron chi connectivity index (χ3n) is 4.41. The van der Waals surface area contributed by atoms with E-state index in [0.717, 1.165) is 11.3 Å². The van der Waals surface area contributed by atoms with Gasteiger partial charge in [0.25, 0.3) is 0 Å². The van der Waals surface area contributed by atoms with Gasteiger partial charge in [0.05, 0.1) is 12.7 Å². The molecule has 140 valence electrons. The van der Waals surface area contributed by atoms with Crippen molar-refractivity contribution in [1.82, 2.24) is 0 Å². The molecule has 0 saturated heterocycles. The van der Waals surface area contributed by atoms with Crippen molar-refractivity contribution < 1.29 is 23.4 Å². The molecular weight excluding hydrogens is 359 g/mol. The van der Waals surface area contributed by atoms with Gasteiger partial charge in [-0.25, -0.2) is 4.39 Å². The van der Waals surface area contributed by atoms with Gasteiger partial charge in [0, 0.05) is 11.6 Å². The maximum atomic E-state index is 13.7. The molecule has 0 N–H and O–H groups in total. The smallest absolute Gasteiger partial charge is 0.231 e. The lowest BCUT2D eigenvalue weighted by Gasteiger charge is -2.08. The average Bonchev–Trinajstić information content (AvgIpc) is 3.03. The Hall–Kier alpha value is -3.60. The summed E-state index contributed by atoms with van der Waals surface area (Å²) in [6.07, 6.45) is 1.68. The van der Waals surface area contributed by atoms with Crippen LogP contribution in [0.4, 0.5) is 4.39 Å². The lowest BCUT2D eigenvalue weighted by molar-refractivity contribution is 0.101. The summed E-state index contributed by atoms with van der Waals surface area (Å²) in [6, 6.07) is 18.7. The van der Waals surface area contributed by atoms with E-state index in [1.165, 1.54) is 6.07 Å². The Labute approximate surface area is 161 Å². The highest BCUT2D eigenvalue weighted by Gasteiger charge is 2.27. The minimum absolute atomic E-state index is 0.0912. The van der Waals surface area contributed by atoms with Crippen LogP contribution >= 0.6 is 0 Å². The summed E-state index contributed by atoms with van der Waals surface area (Å²) in [6.45, 7) is 0.0912. The average molecular weight is 376 g/mol. The van der Waals surface area contributed by atoms with Crippen LogP contribution in [0.15, 0.2) is 72.5 Å². The van der Waals surface area contributed by atoms with E-state index in [1.54, 1.807) is 49.6 Å². The molecule has 4 nitrogen and oxygen atoms in total. The largest absolute Gasteiger partial charge is 0.497 e. The molecule has 3 aromatic rings. The van der Waals surface area contributed by atoms with Gasteiger partial charge in [-0.05, 0) is 42.0 Å². The first kappa shape index (κ1) is 17.8. The zero-order chi connectivity index (χ0) is 19.5. The molecule has 0 aliphatic carbocycles. The zero-order valence-electron chi connectivity index (χ0n) is 15.1. The van der Waals surface area contributed by atoms with Gasteiger partial charge in [0.2, 0.25) is 5.78 Å². The van der Waals surface area contributed by atoms with E-state index in [1.807, 2.05) is 24.3 Å². The summed E-state index contributed by atoms with van der Waals surface area (Å²) >= 11 is 0. The van der Waals surface area contributed by atoms with Gasteiger partial charge in [0.15, 0.2) is 5.76 Å². The molecule has 0 saturated carbocycles. The summed E-state index contributed by atoms with van der Waals surface area (Å²) in [5, 5.41) is 0. The fourth-order valence-electron chi connectivity index (χ4n) is 2.89. The van der Waals surface area contributed by atoms with Crippen LogP contribution in [0.25, 0.3) is 6.08 Å². The predicted octanol–water partition coefficient (Wildman–Crippen LogP) is 5.03. The number of fused-ring (bicyclic) bond motifs is 1. The van der Waals surface area contributed by atoms with E-state index in [9.17, 15) is 9.18 Å². The molecule has 0 bridgehead atoms. The van der Waals surface area contributed by atoms with Gasteiger partial charge in [-0.3, -0.25) is 4.79 Å². The van der Waals surface area contributed by atoms with Crippen molar-refractivity contribution in [1.29, 1.82) is 0 Å². The van der Waals surface area contributed by atoms with E-state index in [0.29, 0.717) is 22.6 Å². The SMILES string of the molecule is COc1ccc(/C=C2/Oc3cc(OCc4ccccc4F)ccc3C2=O)cc1. The number of Topliss-reactive ketones (excluding diaryl/α,β-unsaturated/α-hetero) is 1. The molecule has 0 aromatic heterocycles. The Morgan fingerprint density at radius 2 is 1.75 bits per heavy atom. The van der Waals surface area contributed by atoms with E-state index >= 15 is 0 Å². The van der Waals surface area contributed by atoms with Crippen molar-refractivity contribution in [3.63, 3.8) is 0 Å². The van der Waals surface area contributed by atoms with Gasteiger partial charge in [-0.15, -0.1) is 0 Å². The number of hydrogen-bond acceptors (Lipinski definition) is 4. The minimum Gasteiger partial charge on any atom is -0.497 e. The van der Waals surface area contributed by atoms with Crippen LogP contribution in [0.1, 0.15) is 21.5 Å². The molecule has 28 heavy (non-hydrogen) atoms. The third kappa shape index (κ3) is 3.60. The summed E-state index contributed by atoms with van der Waals surface area (Å²) in [5.74, 6) is 1.40. The Morgan fingerprint density at radius 1 is 1.00 bits per heavy atom. The van der Waals surface area contributed by atoms with Crippen molar-refractivity contribution in [2.24, 2.45) is 0 Å². The Morgan fingerprint density at radius 3 is 2.50 bits per heavy atom. The first-order valence-corrected chi connectivity index (χ1v) is 8.72. The van der Waals surface area contributed by atoms with Crippen molar-refractivity contribution in [2.45, 2.75) is 6.61 Å². The van der Waals surface area contributed by atoms with Gasteiger partial charge in [0.1, 0.15) is 29.7 Å². The number of carbonyl (C=O) groups excluding carboxylic acids is 1. The number of ketones is 1. The van der Waals surface area contributed by atoms with Crippen molar-refractivity contribution in [3.8, 4) is 17.2 Å². The molecule has 1 heterocycles. The molecular formula is C23H17FO4. The lowest BCUT2D eigenvalue weighted by Crippen LogP contribution is -1.98. The Kier molecular flexibility index (Phi) is 4.81. The predicted molar refractivity (Wildman–Crippen MR) is 103 cm³/mol. The molecule has 0 amide bonds. The Balaban J connectivity index is 1.50. The monoisotopic (exact) mass is 376 g/mol. The molecule has 5 heteroatoms. The van der Waals surface area contributed by atoms with Crippen LogP contribution < -0.4 is 14.2 Å². The summed E-state index contributed by atoms with van der Waals surface area (Å²) < 4.78 is 30.2. The van der Waals surface area contributed by atoms with E-state index in [2.05, 4.69) is 0 Å². The third-order valence-corrected chi connectivity index (χ3v) is 4.41. The summed E-state index contributed by atoms with van der Waals surface area (Å²) in [5.41, 5.74) is 1.76. The van der Waals surface area contributed by atoms with Crippen LogP contribution in [-0.2, 0) is 6.61 Å². The lowest BCUT2D eigenvalue weighted by atomic mass is 10.1. The maximum Gasteiger partial charge on any atom is 0.231 e. The second kappa shape index (κ2) is 7.56. The molecule has 0 fully saturated rings. The molecule has 0 radical (unpaired) electrons. The second-order valence-electron chi connectivity index (χ2n) is 6.25. The number of methoxy groups -OCH3 is 1. The first-order valence-electron chi connectivity index (χ1n) is 8.72. The summed E-state index contributed by atoms with van der Waals surface area (Å²) in [4.78, 5) is 12.6. The molecule has 3 aromatic carbocycles. The maximum absolute atomic E-state index is 13.7. The van der Waals surface area contributed by atoms with E-state index < -0.39 is 0 Å². The number of ether oxygens (including phenoxy) is 3. The molecule has 0 spiro atoms. The van der Waals surface area contributed by atoms with Crippen molar-refractivity contribution in [2.75, 3.05) is 7.11 Å². The molecule has 4 rings (SSSR count). The zero-order valence-corrected chi connectivity index (χ0v) is 15.1. The van der Waals surface area contributed by atoms with Crippen molar-refractivity contribution in [3.05, 3.63) is 95.0 Å². The van der Waals surface area contributed by atoms with Crippen LogP contribution in [0.2, 0.25) is 0 Å². The highest BCUT2D eigenvalue weighted by atomic mass is 19.1. The highest BCUT2D eigenvalue weighted by Crippen LogP contribution is 2.35. The fourth-order valence-corrected chi connectivity index (χ4v) is 2.89. The number of allylic oxidation sites excluding steroid dienone is 1. The van der Waals surface area contributed by atoms with Gasteiger partial charge < -0.3 is 14.2 Å². The quantitative estimate of drug-likeness (QED) is 0.586.